The van der Waals surface area contributed by atoms with E-state index in [0.29, 0.717) is 0 Å². The van der Waals surface area contributed by atoms with Gasteiger partial charge in [-0.15, -0.1) is 0 Å². The van der Waals surface area contributed by atoms with Crippen LogP contribution in [0.4, 0.5) is 24.5 Å². The Hall–Kier alpha value is -5.18. The largest absolute Gasteiger partial charge is 0.478 e. The summed E-state index contributed by atoms with van der Waals surface area (Å²) in [6, 6.07) is 12.8. The van der Waals surface area contributed by atoms with E-state index >= 15 is 0 Å². The summed E-state index contributed by atoms with van der Waals surface area (Å²) in [7, 11) is 1.41. The molecule has 39 heavy (non-hydrogen) atoms. The number of anilines is 2. The molecular weight excluding hydrogens is 517 g/mol. The molecule has 0 saturated carbocycles. The molecule has 0 aliphatic carbocycles. The monoisotopic (exact) mass is 536 g/mol. The first-order valence-corrected chi connectivity index (χ1v) is 11.4. The van der Waals surface area contributed by atoms with Crippen molar-refractivity contribution in [2.45, 2.75) is 19.5 Å². The predicted molar refractivity (Wildman–Crippen MR) is 134 cm³/mol. The van der Waals surface area contributed by atoms with Crippen LogP contribution in [0.1, 0.15) is 45.3 Å². The fourth-order valence-corrected chi connectivity index (χ4v) is 4.05. The molecule has 1 heterocycles. The Balaban J connectivity index is 1.89. The Bertz CT molecular complexity index is 1670. The molecule has 2 N–H and O–H groups in total. The van der Waals surface area contributed by atoms with E-state index in [2.05, 4.69) is 10.5 Å². The van der Waals surface area contributed by atoms with Gasteiger partial charge in [-0.2, -0.15) is 18.4 Å². The normalized spacial score (nSPS) is 11.2. The molecule has 1 aromatic heterocycles. The van der Waals surface area contributed by atoms with E-state index in [1.165, 1.54) is 54.4 Å². The van der Waals surface area contributed by atoms with Crippen molar-refractivity contribution in [3.05, 3.63) is 77.0 Å². The van der Waals surface area contributed by atoms with Gasteiger partial charge in [-0.1, -0.05) is 30.3 Å². The number of aromatic nitrogens is 1. The number of nitrogens with zero attached hydrogens (tertiary/aromatic N) is 3. The number of benzene rings is 3. The van der Waals surface area contributed by atoms with Crippen molar-refractivity contribution in [3.8, 4) is 17.2 Å². The van der Waals surface area contributed by atoms with Crippen LogP contribution in [0.5, 0.6) is 0 Å². The summed E-state index contributed by atoms with van der Waals surface area (Å²) in [6.45, 7) is 1.60. The highest BCUT2D eigenvalue weighted by Crippen LogP contribution is 2.42. The van der Waals surface area contributed by atoms with Gasteiger partial charge in [-0.25, -0.2) is 4.79 Å². The van der Waals surface area contributed by atoms with Crippen LogP contribution in [-0.4, -0.2) is 35.1 Å². The molecule has 3 aromatic carbocycles. The van der Waals surface area contributed by atoms with Crippen molar-refractivity contribution < 1.29 is 37.2 Å². The van der Waals surface area contributed by atoms with Gasteiger partial charge in [-0.05, 0) is 35.9 Å². The van der Waals surface area contributed by atoms with Gasteiger partial charge < -0.3 is 19.8 Å². The molecule has 0 unspecified atom stereocenters. The topological polar surface area (TPSA) is 137 Å². The Kier molecular flexibility index (Phi) is 7.09. The summed E-state index contributed by atoms with van der Waals surface area (Å²) in [6.07, 6.45) is -4.64. The van der Waals surface area contributed by atoms with Gasteiger partial charge in [0.2, 0.25) is 5.91 Å². The van der Waals surface area contributed by atoms with Crippen molar-refractivity contribution in [1.82, 2.24) is 5.16 Å². The summed E-state index contributed by atoms with van der Waals surface area (Å²) >= 11 is 0. The number of halogens is 3. The van der Waals surface area contributed by atoms with E-state index in [9.17, 15) is 32.7 Å². The van der Waals surface area contributed by atoms with Crippen LogP contribution in [0, 0.1) is 11.3 Å². The average Bonchev–Trinajstić information content (AvgIpc) is 3.34. The van der Waals surface area contributed by atoms with Crippen LogP contribution in [-0.2, 0) is 11.0 Å². The van der Waals surface area contributed by atoms with E-state index in [4.69, 9.17) is 9.78 Å². The SMILES string of the molecule is CCC(=O)N(C)c1cc2onc(C(=O)Nc3ccc(C#N)cc3C(=O)O)c2cc1-c1ccccc1C(F)(F)F. The minimum Gasteiger partial charge on any atom is -0.478 e. The lowest BCUT2D eigenvalue weighted by molar-refractivity contribution is -0.137. The van der Waals surface area contributed by atoms with Crippen LogP contribution in [0.25, 0.3) is 22.1 Å². The van der Waals surface area contributed by atoms with E-state index < -0.39 is 23.6 Å². The van der Waals surface area contributed by atoms with Crippen molar-refractivity contribution in [2.24, 2.45) is 0 Å². The highest BCUT2D eigenvalue weighted by atomic mass is 19.4. The Morgan fingerprint density at radius 1 is 1.10 bits per heavy atom. The first-order valence-electron chi connectivity index (χ1n) is 11.4. The van der Waals surface area contributed by atoms with Gasteiger partial charge in [0.15, 0.2) is 11.3 Å². The van der Waals surface area contributed by atoms with Crippen LogP contribution < -0.4 is 10.2 Å². The molecule has 2 amide bonds. The second-order valence-electron chi connectivity index (χ2n) is 8.38. The molecule has 9 nitrogen and oxygen atoms in total. The Morgan fingerprint density at radius 2 is 1.82 bits per heavy atom. The summed E-state index contributed by atoms with van der Waals surface area (Å²) in [5, 5.41) is 24.7. The van der Waals surface area contributed by atoms with Gasteiger partial charge in [0, 0.05) is 25.1 Å². The number of alkyl halides is 3. The first kappa shape index (κ1) is 26.9. The number of hydrogen-bond acceptors (Lipinski definition) is 6. The van der Waals surface area contributed by atoms with Crippen molar-refractivity contribution >= 4 is 40.1 Å². The standard InChI is InChI=1S/C27H19F3N4O5/c1-3-23(35)34(2)21-12-22-18(11-16(21)15-6-4-5-7-19(15)27(28,29)30)24(33-39-22)25(36)32-20-9-8-14(13-31)10-17(20)26(37)38/h4-12H,3H2,1-2H3,(H,32,36)(H,37,38). The fraction of sp³-hybridized carbons (Fsp3) is 0.148. The maximum atomic E-state index is 13.9. The molecule has 0 aliphatic rings. The Morgan fingerprint density at radius 3 is 2.46 bits per heavy atom. The molecule has 0 saturated heterocycles. The van der Waals surface area contributed by atoms with Gasteiger partial charge >= 0.3 is 12.1 Å². The Labute approximate surface area is 219 Å². The zero-order valence-electron chi connectivity index (χ0n) is 20.5. The number of amides is 2. The third-order valence-electron chi connectivity index (χ3n) is 5.99. The highest BCUT2D eigenvalue weighted by Gasteiger charge is 2.35. The summed E-state index contributed by atoms with van der Waals surface area (Å²) < 4.78 is 47.0. The minimum atomic E-state index is -4.71. The molecule has 4 rings (SSSR count). The number of aromatic carboxylic acids is 1. The summed E-state index contributed by atoms with van der Waals surface area (Å²) in [5.41, 5.74) is -1.81. The number of carbonyl (C=O) groups excluding carboxylic acids is 2. The quantitative estimate of drug-likeness (QED) is 0.322. The van der Waals surface area contributed by atoms with Crippen LogP contribution in [0.2, 0.25) is 0 Å². The number of hydrogen-bond donors (Lipinski definition) is 2. The smallest absolute Gasteiger partial charge is 0.417 e. The van der Waals surface area contributed by atoms with E-state index in [1.807, 2.05) is 0 Å². The number of nitriles is 1. The number of rotatable bonds is 6. The molecule has 12 heteroatoms. The molecule has 0 radical (unpaired) electrons. The van der Waals surface area contributed by atoms with Crippen LogP contribution >= 0.6 is 0 Å². The van der Waals surface area contributed by atoms with Gasteiger partial charge in [0.1, 0.15) is 0 Å². The summed E-state index contributed by atoms with van der Waals surface area (Å²) in [5.74, 6) is -2.67. The maximum Gasteiger partial charge on any atom is 0.417 e. The van der Waals surface area contributed by atoms with Gasteiger partial charge in [0.05, 0.1) is 39.5 Å². The molecular formula is C27H19F3N4O5. The number of nitrogens with one attached hydrogen (secondary N) is 1. The molecule has 0 aliphatic heterocycles. The van der Waals surface area contributed by atoms with Crippen molar-refractivity contribution in [2.75, 3.05) is 17.3 Å². The predicted octanol–water partition coefficient (Wildman–Crippen LogP) is 5.71. The molecule has 0 bridgehead atoms. The lowest BCUT2D eigenvalue weighted by Crippen LogP contribution is -2.25. The number of carbonyl (C=O) groups is 3. The molecule has 0 spiro atoms. The maximum absolute atomic E-state index is 13.9. The molecule has 4 aromatic rings. The van der Waals surface area contributed by atoms with Crippen molar-refractivity contribution in [1.29, 1.82) is 5.26 Å². The van der Waals surface area contributed by atoms with E-state index in [0.717, 1.165) is 12.1 Å². The van der Waals surface area contributed by atoms with E-state index in [1.54, 1.807) is 13.0 Å². The third-order valence-corrected chi connectivity index (χ3v) is 5.99. The zero-order valence-corrected chi connectivity index (χ0v) is 20.5. The van der Waals surface area contributed by atoms with Crippen molar-refractivity contribution in [3.63, 3.8) is 0 Å². The molecule has 0 fully saturated rings. The van der Waals surface area contributed by atoms with Crippen LogP contribution in [0.15, 0.2) is 59.1 Å². The van der Waals surface area contributed by atoms with E-state index in [-0.39, 0.29) is 62.6 Å². The average molecular weight is 536 g/mol. The zero-order chi connectivity index (χ0) is 28.5. The number of fused-ring (bicyclic) bond motifs is 1. The second-order valence-corrected chi connectivity index (χ2v) is 8.38. The summed E-state index contributed by atoms with van der Waals surface area (Å²) in [4.78, 5) is 38.5. The van der Waals surface area contributed by atoms with Crippen LogP contribution in [0.3, 0.4) is 0 Å². The minimum absolute atomic E-state index is 0.00146. The highest BCUT2D eigenvalue weighted by molar-refractivity contribution is 6.14. The molecule has 198 valence electrons. The second kappa shape index (κ2) is 10.3. The van der Waals surface area contributed by atoms with Gasteiger partial charge in [-0.3, -0.25) is 9.59 Å². The third kappa shape index (κ3) is 5.15. The lowest BCUT2D eigenvalue weighted by atomic mass is 9.95. The molecule has 0 atom stereocenters. The first-order chi connectivity index (χ1) is 18.5. The number of carboxylic acid groups (broad SMARTS) is 1. The lowest BCUT2D eigenvalue weighted by Gasteiger charge is -2.22. The fourth-order valence-electron chi connectivity index (χ4n) is 4.05. The number of carboxylic acids is 1. The van der Waals surface area contributed by atoms with Gasteiger partial charge in [0.25, 0.3) is 5.91 Å².